The highest BCUT2D eigenvalue weighted by Gasteiger charge is 2.21. The average molecular weight is 274 g/mol. The van der Waals surface area contributed by atoms with Gasteiger partial charge in [0.15, 0.2) is 0 Å². The molecule has 0 aliphatic heterocycles. The van der Waals surface area contributed by atoms with Crippen LogP contribution in [0.2, 0.25) is 0 Å². The van der Waals surface area contributed by atoms with Gasteiger partial charge < -0.3 is 9.84 Å². The number of aryl methyl sites for hydroxylation is 2. The summed E-state index contributed by atoms with van der Waals surface area (Å²) < 4.78 is 7.49. The Morgan fingerprint density at radius 2 is 2.05 bits per heavy atom. The van der Waals surface area contributed by atoms with Crippen molar-refractivity contribution in [2.75, 3.05) is 6.61 Å². The summed E-state index contributed by atoms with van der Waals surface area (Å²) in [4.78, 5) is 0. The van der Waals surface area contributed by atoms with Gasteiger partial charge in [0.1, 0.15) is 6.10 Å². The molecule has 0 spiro atoms. The normalized spacial score (nSPS) is 14.2. The molecule has 0 fully saturated rings. The highest BCUT2D eigenvalue weighted by atomic mass is 16.5. The zero-order valence-corrected chi connectivity index (χ0v) is 12.1. The number of hydrogen-bond donors (Lipinski definition) is 1. The van der Waals surface area contributed by atoms with Crippen molar-refractivity contribution in [1.82, 2.24) is 9.78 Å². The predicted octanol–water partition coefficient (Wildman–Crippen LogP) is 2.49. The van der Waals surface area contributed by atoms with E-state index in [0.717, 1.165) is 17.5 Å². The second-order valence-electron chi connectivity index (χ2n) is 4.91. The molecule has 0 aliphatic carbocycles. The summed E-state index contributed by atoms with van der Waals surface area (Å²) >= 11 is 0. The first-order chi connectivity index (χ1) is 9.70. The Bertz CT molecular complexity index is 510. The number of hydrogen-bond acceptors (Lipinski definition) is 3. The Morgan fingerprint density at radius 1 is 1.30 bits per heavy atom. The summed E-state index contributed by atoms with van der Waals surface area (Å²) in [5, 5.41) is 14.5. The van der Waals surface area contributed by atoms with Crippen LogP contribution in [-0.2, 0) is 18.2 Å². The molecule has 2 atom stereocenters. The molecule has 1 aromatic heterocycles. The zero-order valence-electron chi connectivity index (χ0n) is 12.1. The van der Waals surface area contributed by atoms with Crippen LogP contribution < -0.4 is 0 Å². The lowest BCUT2D eigenvalue weighted by atomic mass is 9.99. The van der Waals surface area contributed by atoms with Crippen molar-refractivity contribution in [2.24, 2.45) is 7.05 Å². The van der Waals surface area contributed by atoms with E-state index >= 15 is 0 Å². The van der Waals surface area contributed by atoms with Crippen molar-refractivity contribution in [3.05, 3.63) is 53.9 Å². The molecule has 0 saturated carbocycles. The first-order valence-electron chi connectivity index (χ1n) is 7.03. The van der Waals surface area contributed by atoms with Crippen molar-refractivity contribution in [3.8, 4) is 0 Å². The largest absolute Gasteiger partial charge is 0.390 e. The van der Waals surface area contributed by atoms with Gasteiger partial charge in [-0.1, -0.05) is 30.3 Å². The van der Waals surface area contributed by atoms with E-state index in [2.05, 4.69) is 5.10 Å². The van der Waals surface area contributed by atoms with Gasteiger partial charge >= 0.3 is 0 Å². The lowest BCUT2D eigenvalue weighted by molar-refractivity contribution is -0.0375. The molecular weight excluding hydrogens is 252 g/mol. The van der Waals surface area contributed by atoms with E-state index in [9.17, 15) is 5.11 Å². The van der Waals surface area contributed by atoms with E-state index in [0.29, 0.717) is 13.0 Å². The van der Waals surface area contributed by atoms with E-state index in [1.807, 2.05) is 56.7 Å². The third-order valence-corrected chi connectivity index (χ3v) is 3.31. The lowest BCUT2D eigenvalue weighted by Gasteiger charge is -2.23. The Kier molecular flexibility index (Phi) is 5.32. The number of aliphatic hydroxyl groups excluding tert-OH is 1. The summed E-state index contributed by atoms with van der Waals surface area (Å²) in [6.07, 6.45) is 4.49. The van der Waals surface area contributed by atoms with Gasteiger partial charge in [0, 0.05) is 19.9 Å². The number of nitrogens with zero attached hydrogens (tertiary/aromatic N) is 2. The van der Waals surface area contributed by atoms with E-state index in [1.54, 1.807) is 4.68 Å². The van der Waals surface area contributed by atoms with E-state index in [-0.39, 0.29) is 6.10 Å². The van der Waals surface area contributed by atoms with Crippen molar-refractivity contribution in [2.45, 2.75) is 32.0 Å². The average Bonchev–Trinajstić information content (AvgIpc) is 2.89. The maximum atomic E-state index is 10.4. The van der Waals surface area contributed by atoms with Gasteiger partial charge in [-0.25, -0.2) is 0 Å². The third kappa shape index (κ3) is 3.92. The Labute approximate surface area is 120 Å². The molecule has 20 heavy (non-hydrogen) atoms. The van der Waals surface area contributed by atoms with Crippen LogP contribution in [0.1, 0.15) is 30.6 Å². The summed E-state index contributed by atoms with van der Waals surface area (Å²) in [5.74, 6) is 0. The molecule has 4 nitrogen and oxygen atoms in total. The molecule has 2 rings (SSSR count). The molecule has 2 aromatic rings. The molecule has 2 unspecified atom stereocenters. The molecule has 4 heteroatoms. The molecule has 1 aromatic carbocycles. The van der Waals surface area contributed by atoms with Gasteiger partial charge in [-0.15, -0.1) is 0 Å². The minimum Gasteiger partial charge on any atom is -0.390 e. The van der Waals surface area contributed by atoms with Crippen LogP contribution in [0.5, 0.6) is 0 Å². The molecule has 0 aliphatic rings. The van der Waals surface area contributed by atoms with E-state index in [4.69, 9.17) is 4.74 Å². The van der Waals surface area contributed by atoms with Gasteiger partial charge in [-0.05, 0) is 30.9 Å². The molecule has 108 valence electrons. The first-order valence-corrected chi connectivity index (χ1v) is 7.03. The monoisotopic (exact) mass is 274 g/mol. The van der Waals surface area contributed by atoms with Crippen molar-refractivity contribution < 1.29 is 9.84 Å². The highest BCUT2D eigenvalue weighted by molar-refractivity contribution is 5.19. The van der Waals surface area contributed by atoms with Gasteiger partial charge in [0.2, 0.25) is 0 Å². The fraction of sp³-hybridized carbons (Fsp3) is 0.438. The zero-order chi connectivity index (χ0) is 14.4. The van der Waals surface area contributed by atoms with Crippen LogP contribution in [0.15, 0.2) is 42.7 Å². The number of aliphatic hydroxyl groups is 1. The van der Waals surface area contributed by atoms with Gasteiger partial charge in [0.05, 0.1) is 12.3 Å². The molecule has 0 bridgehead atoms. The number of rotatable bonds is 7. The van der Waals surface area contributed by atoms with Crippen LogP contribution in [-0.4, -0.2) is 27.6 Å². The number of aromatic nitrogens is 2. The molecule has 0 saturated heterocycles. The number of ether oxygens (including phenoxy) is 1. The van der Waals surface area contributed by atoms with Crippen LogP contribution in [0.3, 0.4) is 0 Å². The van der Waals surface area contributed by atoms with Crippen LogP contribution >= 0.6 is 0 Å². The van der Waals surface area contributed by atoms with Crippen molar-refractivity contribution in [3.63, 3.8) is 0 Å². The fourth-order valence-electron chi connectivity index (χ4n) is 2.32. The highest BCUT2D eigenvalue weighted by Crippen LogP contribution is 2.24. The molecule has 0 amide bonds. The predicted molar refractivity (Wildman–Crippen MR) is 78.3 cm³/mol. The van der Waals surface area contributed by atoms with Crippen LogP contribution in [0.4, 0.5) is 0 Å². The number of benzene rings is 1. The van der Waals surface area contributed by atoms with E-state index < -0.39 is 6.10 Å². The Morgan fingerprint density at radius 3 is 2.65 bits per heavy atom. The smallest absolute Gasteiger partial charge is 0.108 e. The standard InChI is InChI=1S/C16H22N2O2/c1-3-20-16(14-7-5-4-6-8-14)15(19)10-9-13-11-17-18(2)12-13/h4-8,11-12,15-16,19H,3,9-10H2,1-2H3. The Balaban J connectivity index is 1.98. The second kappa shape index (κ2) is 7.22. The van der Waals surface area contributed by atoms with Gasteiger partial charge in [-0.3, -0.25) is 4.68 Å². The topological polar surface area (TPSA) is 47.3 Å². The van der Waals surface area contributed by atoms with Crippen molar-refractivity contribution in [1.29, 1.82) is 0 Å². The minimum atomic E-state index is -0.516. The van der Waals surface area contributed by atoms with Crippen LogP contribution in [0, 0.1) is 0 Å². The maximum absolute atomic E-state index is 10.4. The fourth-order valence-corrected chi connectivity index (χ4v) is 2.32. The lowest BCUT2D eigenvalue weighted by Crippen LogP contribution is -2.22. The van der Waals surface area contributed by atoms with Crippen molar-refractivity contribution >= 4 is 0 Å². The summed E-state index contributed by atoms with van der Waals surface area (Å²) in [6.45, 7) is 2.54. The molecular formula is C16H22N2O2. The first kappa shape index (κ1) is 14.8. The van der Waals surface area contributed by atoms with Gasteiger partial charge in [-0.2, -0.15) is 5.10 Å². The maximum Gasteiger partial charge on any atom is 0.108 e. The van der Waals surface area contributed by atoms with Crippen LogP contribution in [0.25, 0.3) is 0 Å². The third-order valence-electron chi connectivity index (χ3n) is 3.31. The Hall–Kier alpha value is -1.65. The van der Waals surface area contributed by atoms with E-state index in [1.165, 1.54) is 0 Å². The molecule has 1 heterocycles. The SMILES string of the molecule is CCOC(c1ccccc1)C(O)CCc1cnn(C)c1. The minimum absolute atomic E-state index is 0.266. The second-order valence-corrected chi connectivity index (χ2v) is 4.91. The summed E-state index contributed by atoms with van der Waals surface area (Å²) in [5.41, 5.74) is 2.16. The summed E-state index contributed by atoms with van der Waals surface area (Å²) in [6, 6.07) is 9.89. The summed E-state index contributed by atoms with van der Waals surface area (Å²) in [7, 11) is 1.90. The molecule has 0 radical (unpaired) electrons. The van der Waals surface area contributed by atoms with Gasteiger partial charge in [0.25, 0.3) is 0 Å². The quantitative estimate of drug-likeness (QED) is 0.844. The molecule has 1 N–H and O–H groups in total.